The number of rotatable bonds is 7. The highest BCUT2D eigenvalue weighted by Gasteiger charge is 2.53. The minimum Gasteiger partial charge on any atom is -0.465 e. The summed E-state index contributed by atoms with van der Waals surface area (Å²) in [5.41, 5.74) is -0.506. The summed E-state index contributed by atoms with van der Waals surface area (Å²) >= 11 is 0. The van der Waals surface area contributed by atoms with Crippen molar-refractivity contribution in [2.75, 3.05) is 26.2 Å². The average Bonchev–Trinajstić information content (AvgIpc) is 3.17. The van der Waals surface area contributed by atoms with Gasteiger partial charge >= 0.3 is 5.97 Å². The molecule has 1 aliphatic heterocycles. The Hall–Kier alpha value is -0.610. The van der Waals surface area contributed by atoms with E-state index in [9.17, 15) is 4.79 Å². The van der Waals surface area contributed by atoms with Crippen LogP contribution in [0.4, 0.5) is 0 Å². The van der Waals surface area contributed by atoms with Gasteiger partial charge < -0.3 is 9.64 Å². The summed E-state index contributed by atoms with van der Waals surface area (Å²) in [7, 11) is 0. The first-order valence-corrected chi connectivity index (χ1v) is 8.56. The Morgan fingerprint density at radius 2 is 1.86 bits per heavy atom. The Labute approximate surface area is 129 Å². The quantitative estimate of drug-likeness (QED) is 0.732. The second kappa shape index (κ2) is 6.66. The Bertz CT molecular complexity index is 358. The van der Waals surface area contributed by atoms with E-state index in [2.05, 4.69) is 37.9 Å². The lowest BCUT2D eigenvalue weighted by molar-refractivity contribution is -0.153. The molecule has 1 saturated carbocycles. The van der Waals surface area contributed by atoms with Gasteiger partial charge in [-0.1, -0.05) is 13.8 Å². The van der Waals surface area contributed by atoms with E-state index in [-0.39, 0.29) is 12.0 Å². The van der Waals surface area contributed by atoms with Gasteiger partial charge in [-0.15, -0.1) is 0 Å². The Balaban J connectivity index is 2.15. The molecule has 0 amide bonds. The first-order valence-electron chi connectivity index (χ1n) is 8.56. The lowest BCUT2D eigenvalue weighted by Crippen LogP contribution is -2.63. The molecule has 1 saturated heterocycles. The van der Waals surface area contributed by atoms with Gasteiger partial charge in [-0.25, -0.2) is 4.79 Å². The fourth-order valence-electron chi connectivity index (χ4n) is 3.66. The molecule has 21 heavy (non-hydrogen) atoms. The van der Waals surface area contributed by atoms with E-state index in [4.69, 9.17) is 4.74 Å². The lowest BCUT2D eigenvalue weighted by atomic mass is 9.91. The third-order valence-corrected chi connectivity index (χ3v) is 5.00. The van der Waals surface area contributed by atoms with Crippen LogP contribution in [0.1, 0.15) is 47.5 Å². The van der Waals surface area contributed by atoms with Crippen molar-refractivity contribution in [3.63, 3.8) is 0 Å². The molecular weight excluding hydrogens is 264 g/mol. The zero-order chi connectivity index (χ0) is 15.6. The highest BCUT2D eigenvalue weighted by Crippen LogP contribution is 2.42. The van der Waals surface area contributed by atoms with Crippen molar-refractivity contribution in [1.82, 2.24) is 10.2 Å². The van der Waals surface area contributed by atoms with Crippen LogP contribution in [0.3, 0.4) is 0 Å². The summed E-state index contributed by atoms with van der Waals surface area (Å²) in [6.07, 6.45) is 2.27. The maximum absolute atomic E-state index is 12.7. The van der Waals surface area contributed by atoms with E-state index in [0.29, 0.717) is 24.4 Å². The zero-order valence-electron chi connectivity index (χ0n) is 14.3. The smallest absolute Gasteiger partial charge is 0.327 e. The first kappa shape index (κ1) is 16.8. The van der Waals surface area contributed by atoms with Gasteiger partial charge in [0.05, 0.1) is 6.61 Å². The van der Waals surface area contributed by atoms with Crippen LogP contribution < -0.4 is 5.32 Å². The van der Waals surface area contributed by atoms with E-state index in [1.54, 1.807) is 0 Å². The molecule has 0 aromatic heterocycles. The monoisotopic (exact) mass is 296 g/mol. The third-order valence-electron chi connectivity index (χ3n) is 5.00. The number of hydrogen-bond acceptors (Lipinski definition) is 4. The Morgan fingerprint density at radius 3 is 2.29 bits per heavy atom. The van der Waals surface area contributed by atoms with Crippen LogP contribution in [0, 0.1) is 17.8 Å². The van der Waals surface area contributed by atoms with Crippen LogP contribution in [0.2, 0.25) is 0 Å². The molecule has 4 nitrogen and oxygen atoms in total. The van der Waals surface area contributed by atoms with Crippen molar-refractivity contribution in [3.8, 4) is 0 Å². The van der Waals surface area contributed by atoms with E-state index < -0.39 is 5.54 Å². The molecule has 1 aliphatic carbocycles. The second-order valence-corrected chi connectivity index (χ2v) is 7.41. The molecule has 0 radical (unpaired) electrons. The largest absolute Gasteiger partial charge is 0.465 e. The van der Waals surface area contributed by atoms with Crippen LogP contribution in [0.25, 0.3) is 0 Å². The summed E-state index contributed by atoms with van der Waals surface area (Å²) in [5, 5.41) is 3.58. The van der Waals surface area contributed by atoms with E-state index in [1.807, 2.05) is 6.92 Å². The summed E-state index contributed by atoms with van der Waals surface area (Å²) in [4.78, 5) is 15.2. The van der Waals surface area contributed by atoms with E-state index >= 15 is 0 Å². The van der Waals surface area contributed by atoms with Crippen LogP contribution in [-0.4, -0.2) is 48.7 Å². The molecule has 4 heteroatoms. The third kappa shape index (κ3) is 3.78. The first-order chi connectivity index (χ1) is 9.89. The number of nitrogens with zero attached hydrogens (tertiary/aromatic N) is 1. The standard InChI is InChI=1S/C17H32N2O2/c1-6-21-16(20)17(15-7-8-15,18-12(2)3)11-19-9-13(4)14(5)10-19/h12-15,18H,6-11H2,1-5H3. The van der Waals surface area contributed by atoms with E-state index in [1.165, 1.54) is 0 Å². The fraction of sp³-hybridized carbons (Fsp3) is 0.941. The highest BCUT2D eigenvalue weighted by molar-refractivity contribution is 5.82. The summed E-state index contributed by atoms with van der Waals surface area (Å²) in [6.45, 7) is 14.2. The van der Waals surface area contributed by atoms with Crippen molar-refractivity contribution >= 4 is 5.97 Å². The summed E-state index contributed by atoms with van der Waals surface area (Å²) in [6, 6.07) is 0.285. The maximum Gasteiger partial charge on any atom is 0.327 e. The van der Waals surface area contributed by atoms with Gasteiger partial charge in [0.25, 0.3) is 0 Å². The van der Waals surface area contributed by atoms with Crippen LogP contribution in [-0.2, 0) is 9.53 Å². The van der Waals surface area contributed by atoms with Gasteiger partial charge in [0.15, 0.2) is 0 Å². The Kier molecular flexibility index (Phi) is 5.31. The van der Waals surface area contributed by atoms with Crippen molar-refractivity contribution in [2.45, 2.75) is 59.0 Å². The molecule has 0 aromatic carbocycles. The summed E-state index contributed by atoms with van der Waals surface area (Å²) in [5.74, 6) is 1.81. The number of esters is 1. The number of carbonyl (C=O) groups excluding carboxylic acids is 1. The fourth-order valence-corrected chi connectivity index (χ4v) is 3.66. The molecule has 2 aliphatic rings. The van der Waals surface area contributed by atoms with Crippen LogP contribution in [0.15, 0.2) is 0 Å². The molecular formula is C17H32N2O2. The number of hydrogen-bond donors (Lipinski definition) is 1. The molecule has 2 rings (SSSR count). The van der Waals surface area contributed by atoms with Crippen LogP contribution in [0.5, 0.6) is 0 Å². The predicted octanol–water partition coefficient (Wildman–Crippen LogP) is 2.28. The number of ether oxygens (including phenoxy) is 1. The van der Waals surface area contributed by atoms with Gasteiger partial charge in [0, 0.05) is 25.7 Å². The SMILES string of the molecule is CCOC(=O)C(CN1CC(C)C(C)C1)(NC(C)C)C1CC1. The number of carbonyl (C=O) groups is 1. The van der Waals surface area contributed by atoms with Gasteiger partial charge in [-0.3, -0.25) is 5.32 Å². The number of likely N-dealkylation sites (tertiary alicyclic amines) is 1. The lowest BCUT2D eigenvalue weighted by Gasteiger charge is -2.37. The molecule has 1 N–H and O–H groups in total. The van der Waals surface area contributed by atoms with Crippen molar-refractivity contribution in [2.24, 2.45) is 17.8 Å². The molecule has 0 aromatic rings. The normalized spacial score (nSPS) is 29.6. The van der Waals surface area contributed by atoms with Crippen molar-refractivity contribution < 1.29 is 9.53 Å². The summed E-state index contributed by atoms with van der Waals surface area (Å²) < 4.78 is 5.45. The molecule has 3 atom stereocenters. The minimum absolute atomic E-state index is 0.0478. The zero-order valence-corrected chi connectivity index (χ0v) is 14.3. The van der Waals surface area contributed by atoms with Crippen molar-refractivity contribution in [3.05, 3.63) is 0 Å². The Morgan fingerprint density at radius 1 is 1.29 bits per heavy atom. The molecule has 0 spiro atoms. The van der Waals surface area contributed by atoms with Crippen LogP contribution >= 0.6 is 0 Å². The molecule has 122 valence electrons. The molecule has 0 bridgehead atoms. The predicted molar refractivity (Wildman–Crippen MR) is 85.1 cm³/mol. The minimum atomic E-state index is -0.506. The van der Waals surface area contributed by atoms with Gasteiger partial charge in [-0.05, 0) is 51.4 Å². The second-order valence-electron chi connectivity index (χ2n) is 7.41. The van der Waals surface area contributed by atoms with Crippen molar-refractivity contribution in [1.29, 1.82) is 0 Å². The molecule has 2 fully saturated rings. The molecule has 1 heterocycles. The topological polar surface area (TPSA) is 41.6 Å². The number of nitrogens with one attached hydrogen (secondary N) is 1. The highest BCUT2D eigenvalue weighted by atomic mass is 16.5. The van der Waals surface area contributed by atoms with Gasteiger partial charge in [0.2, 0.25) is 0 Å². The maximum atomic E-state index is 12.7. The van der Waals surface area contributed by atoms with Gasteiger partial charge in [0.1, 0.15) is 5.54 Å². The molecule has 3 unspecified atom stereocenters. The van der Waals surface area contributed by atoms with Gasteiger partial charge in [-0.2, -0.15) is 0 Å². The van der Waals surface area contributed by atoms with E-state index in [0.717, 1.165) is 32.5 Å². The average molecular weight is 296 g/mol.